The average molecular weight is 237 g/mol. The number of nitrogens with two attached hydrogens (primary N) is 1. The van der Waals surface area contributed by atoms with Crippen molar-refractivity contribution in [1.29, 1.82) is 0 Å². The fourth-order valence-electron chi connectivity index (χ4n) is 0.880. The number of nitrogen functional groups attached to an aromatic ring is 1. The van der Waals surface area contributed by atoms with Gasteiger partial charge in [-0.25, -0.2) is 4.79 Å². The lowest BCUT2D eigenvalue weighted by Gasteiger charge is -2.04. The summed E-state index contributed by atoms with van der Waals surface area (Å²) in [7, 11) is 1.30. The summed E-state index contributed by atoms with van der Waals surface area (Å²) in [5, 5.41) is 0.308. The zero-order chi connectivity index (χ0) is 9.84. The number of benzene rings is 1. The maximum Gasteiger partial charge on any atom is 0.339 e. The lowest BCUT2D eigenvalue weighted by Crippen LogP contribution is -2.08. The molecule has 14 heavy (non-hydrogen) atoms. The first-order valence-electron chi connectivity index (χ1n) is 3.53. The molecule has 1 aromatic carbocycles. The van der Waals surface area contributed by atoms with Crippen LogP contribution in [0.4, 0.5) is 5.69 Å². The molecule has 1 aromatic rings. The fourth-order valence-corrected chi connectivity index (χ4v) is 1.14. The van der Waals surface area contributed by atoms with Crippen molar-refractivity contribution in [3.8, 4) is 0 Å². The van der Waals surface area contributed by atoms with Gasteiger partial charge in [0, 0.05) is 5.69 Å². The number of carbonyl (C=O) groups is 1. The van der Waals surface area contributed by atoms with Crippen LogP contribution in [0.15, 0.2) is 18.2 Å². The van der Waals surface area contributed by atoms with Gasteiger partial charge in [-0.15, -0.1) is 12.4 Å². The highest BCUT2D eigenvalue weighted by molar-refractivity contribution is 6.33. The molecule has 78 valence electrons. The van der Waals surface area contributed by atoms with Crippen molar-refractivity contribution >= 4 is 35.7 Å². The predicted molar refractivity (Wildman–Crippen MR) is 57.8 cm³/mol. The van der Waals surface area contributed by atoms with Gasteiger partial charge in [0.05, 0.1) is 17.7 Å². The van der Waals surface area contributed by atoms with E-state index in [0.29, 0.717) is 16.3 Å². The molecule has 0 aliphatic carbocycles. The molecule has 3 N–H and O–H groups in total. The van der Waals surface area contributed by atoms with E-state index >= 15 is 0 Å². The van der Waals surface area contributed by atoms with E-state index in [4.69, 9.17) is 17.4 Å². The number of carbonyl (C=O) groups excluding carboxylic acids is 1. The van der Waals surface area contributed by atoms with Crippen molar-refractivity contribution in [2.75, 3.05) is 12.5 Å². The Balaban J connectivity index is 0.00000169. The first kappa shape index (κ1) is 13.0. The molecule has 6 heteroatoms. The smallest absolute Gasteiger partial charge is 0.339 e. The number of nitrogens with one attached hydrogen (secondary N) is 1. The van der Waals surface area contributed by atoms with Crippen LogP contribution in [0.25, 0.3) is 0 Å². The van der Waals surface area contributed by atoms with Gasteiger partial charge in [-0.1, -0.05) is 11.6 Å². The molecule has 0 radical (unpaired) electrons. The summed E-state index contributed by atoms with van der Waals surface area (Å²) in [6.07, 6.45) is 0. The third kappa shape index (κ3) is 2.77. The van der Waals surface area contributed by atoms with Crippen molar-refractivity contribution in [3.63, 3.8) is 0 Å². The molecule has 0 fully saturated rings. The molecule has 0 saturated heterocycles. The average Bonchev–Trinajstić information content (AvgIpc) is 2.16. The molecule has 0 spiro atoms. The normalized spacial score (nSPS) is 8.79. The topological polar surface area (TPSA) is 64.3 Å². The number of ether oxygens (including phenoxy) is 1. The van der Waals surface area contributed by atoms with E-state index in [2.05, 4.69) is 10.2 Å². The Bertz CT molecular complexity index is 331. The number of hydrogen-bond donors (Lipinski definition) is 2. The molecule has 0 saturated carbocycles. The number of anilines is 1. The molecule has 0 aliphatic heterocycles. The van der Waals surface area contributed by atoms with Gasteiger partial charge in [-0.05, 0) is 18.2 Å². The van der Waals surface area contributed by atoms with E-state index in [-0.39, 0.29) is 12.4 Å². The number of hydrogen-bond acceptors (Lipinski definition) is 4. The van der Waals surface area contributed by atoms with Gasteiger partial charge in [-0.3, -0.25) is 5.84 Å². The van der Waals surface area contributed by atoms with Crippen LogP contribution in [0.1, 0.15) is 10.4 Å². The third-order valence-corrected chi connectivity index (χ3v) is 1.85. The molecule has 1 rings (SSSR count). The Morgan fingerprint density at radius 1 is 1.57 bits per heavy atom. The first-order valence-corrected chi connectivity index (χ1v) is 3.91. The molecule has 0 aromatic heterocycles. The number of esters is 1. The SMILES string of the molecule is COC(=O)c1ccc(NN)cc1Cl.Cl. The summed E-state index contributed by atoms with van der Waals surface area (Å²) in [5.41, 5.74) is 3.37. The Morgan fingerprint density at radius 3 is 2.64 bits per heavy atom. The number of hydrazine groups is 1. The highest BCUT2D eigenvalue weighted by atomic mass is 35.5. The second-order valence-corrected chi connectivity index (χ2v) is 2.74. The fraction of sp³-hybridized carbons (Fsp3) is 0.125. The molecule has 4 nitrogen and oxygen atoms in total. The minimum absolute atomic E-state index is 0. The van der Waals surface area contributed by atoms with Crippen LogP contribution in [-0.2, 0) is 4.74 Å². The van der Waals surface area contributed by atoms with Crippen LogP contribution in [0.5, 0.6) is 0 Å². The number of halogens is 2. The van der Waals surface area contributed by atoms with Crippen LogP contribution in [0, 0.1) is 0 Å². The van der Waals surface area contributed by atoms with E-state index in [0.717, 1.165) is 0 Å². The van der Waals surface area contributed by atoms with Crippen LogP contribution in [-0.4, -0.2) is 13.1 Å². The molecule has 0 atom stereocenters. The number of rotatable bonds is 2. The van der Waals surface area contributed by atoms with Gasteiger partial charge in [0.25, 0.3) is 0 Å². The first-order chi connectivity index (χ1) is 6.19. The van der Waals surface area contributed by atoms with Gasteiger partial charge in [0.15, 0.2) is 0 Å². The van der Waals surface area contributed by atoms with Crippen molar-refractivity contribution in [2.24, 2.45) is 5.84 Å². The highest BCUT2D eigenvalue weighted by Crippen LogP contribution is 2.20. The Kier molecular flexibility index (Phi) is 5.30. The van der Waals surface area contributed by atoms with Crippen molar-refractivity contribution in [1.82, 2.24) is 0 Å². The van der Waals surface area contributed by atoms with Gasteiger partial charge in [-0.2, -0.15) is 0 Å². The minimum Gasteiger partial charge on any atom is -0.465 e. The largest absolute Gasteiger partial charge is 0.465 e. The summed E-state index contributed by atoms with van der Waals surface area (Å²) < 4.78 is 4.52. The molecular formula is C8H10Cl2N2O2. The van der Waals surface area contributed by atoms with E-state index < -0.39 is 5.97 Å². The van der Waals surface area contributed by atoms with Crippen molar-refractivity contribution in [3.05, 3.63) is 28.8 Å². The molecule has 0 aliphatic rings. The van der Waals surface area contributed by atoms with Crippen LogP contribution < -0.4 is 11.3 Å². The minimum atomic E-state index is -0.464. The maximum atomic E-state index is 11.1. The van der Waals surface area contributed by atoms with E-state index in [1.807, 2.05) is 0 Å². The second-order valence-electron chi connectivity index (χ2n) is 2.33. The van der Waals surface area contributed by atoms with Crippen molar-refractivity contribution in [2.45, 2.75) is 0 Å². The van der Waals surface area contributed by atoms with E-state index in [1.54, 1.807) is 18.2 Å². The van der Waals surface area contributed by atoms with Gasteiger partial charge in [0.2, 0.25) is 0 Å². The van der Waals surface area contributed by atoms with Gasteiger partial charge < -0.3 is 10.2 Å². The quantitative estimate of drug-likeness (QED) is 0.468. The summed E-state index contributed by atoms with van der Waals surface area (Å²) >= 11 is 5.79. The molecule has 0 unspecified atom stereocenters. The van der Waals surface area contributed by atoms with Crippen molar-refractivity contribution < 1.29 is 9.53 Å². The summed E-state index contributed by atoms with van der Waals surface area (Å²) in [5.74, 6) is 4.69. The monoisotopic (exact) mass is 236 g/mol. The summed E-state index contributed by atoms with van der Waals surface area (Å²) in [4.78, 5) is 11.1. The second kappa shape index (κ2) is 5.70. The van der Waals surface area contributed by atoms with Gasteiger partial charge in [0.1, 0.15) is 0 Å². The van der Waals surface area contributed by atoms with Gasteiger partial charge >= 0.3 is 5.97 Å². The van der Waals surface area contributed by atoms with Crippen LogP contribution >= 0.6 is 24.0 Å². The standard InChI is InChI=1S/C8H9ClN2O2.ClH/c1-13-8(12)6-3-2-5(11-10)4-7(6)9;/h2-4,11H,10H2,1H3;1H. The molecule has 0 bridgehead atoms. The molecule has 0 amide bonds. The van der Waals surface area contributed by atoms with E-state index in [1.165, 1.54) is 7.11 Å². The lowest BCUT2D eigenvalue weighted by atomic mass is 10.2. The third-order valence-electron chi connectivity index (χ3n) is 1.54. The Hall–Kier alpha value is -0.970. The maximum absolute atomic E-state index is 11.1. The molecule has 0 heterocycles. The van der Waals surface area contributed by atoms with E-state index in [9.17, 15) is 4.79 Å². The summed E-state index contributed by atoms with van der Waals surface area (Å²) in [6, 6.07) is 4.73. The predicted octanol–water partition coefficient (Wildman–Crippen LogP) is 1.83. The lowest BCUT2D eigenvalue weighted by molar-refractivity contribution is 0.0601. The summed E-state index contributed by atoms with van der Waals surface area (Å²) in [6.45, 7) is 0. The Labute approximate surface area is 92.8 Å². The van der Waals surface area contributed by atoms with Crippen LogP contribution in [0.2, 0.25) is 5.02 Å². The highest BCUT2D eigenvalue weighted by Gasteiger charge is 2.09. The zero-order valence-electron chi connectivity index (χ0n) is 7.41. The number of methoxy groups -OCH3 is 1. The molecular weight excluding hydrogens is 227 g/mol. The zero-order valence-corrected chi connectivity index (χ0v) is 8.98. The van der Waals surface area contributed by atoms with Crippen LogP contribution in [0.3, 0.4) is 0 Å². The Morgan fingerprint density at radius 2 is 2.21 bits per heavy atom.